The second kappa shape index (κ2) is 7.13. The average Bonchev–Trinajstić information content (AvgIpc) is 2.31. The molecule has 1 aliphatic carbocycles. The summed E-state index contributed by atoms with van der Waals surface area (Å²) in [5, 5.41) is 3.71. The summed E-state index contributed by atoms with van der Waals surface area (Å²) in [6.07, 6.45) is 4.29. The van der Waals surface area contributed by atoms with Crippen LogP contribution in [0.15, 0.2) is 5.16 Å². The van der Waals surface area contributed by atoms with Gasteiger partial charge in [0.1, 0.15) is 6.10 Å². The highest BCUT2D eigenvalue weighted by Gasteiger charge is 2.25. The molecule has 1 saturated carbocycles. The average molecular weight is 255 g/mol. The van der Waals surface area contributed by atoms with Crippen LogP contribution in [-0.4, -0.2) is 30.2 Å². The van der Waals surface area contributed by atoms with Gasteiger partial charge in [-0.05, 0) is 32.1 Å². The molecule has 0 aromatic rings. The number of rotatable bonds is 5. The Morgan fingerprint density at radius 3 is 2.50 bits per heavy atom. The third-order valence-corrected chi connectivity index (χ3v) is 3.11. The SMILES string of the molecule is CCOC(=O)/C(=N\O[C@@H]1CCCC[C@H]1C)C(C)=O. The van der Waals surface area contributed by atoms with Crippen LogP contribution >= 0.6 is 0 Å². The Kier molecular flexibility index (Phi) is 5.82. The number of hydrogen-bond acceptors (Lipinski definition) is 5. The van der Waals surface area contributed by atoms with E-state index in [2.05, 4.69) is 12.1 Å². The second-order valence-electron chi connectivity index (χ2n) is 4.62. The van der Waals surface area contributed by atoms with Crippen molar-refractivity contribution >= 4 is 17.5 Å². The summed E-state index contributed by atoms with van der Waals surface area (Å²) in [5.41, 5.74) is -0.255. The van der Waals surface area contributed by atoms with Crippen molar-refractivity contribution in [3.05, 3.63) is 0 Å². The summed E-state index contributed by atoms with van der Waals surface area (Å²) in [6.45, 7) is 5.27. The molecule has 0 N–H and O–H groups in total. The third kappa shape index (κ3) is 4.13. The lowest BCUT2D eigenvalue weighted by Crippen LogP contribution is -2.28. The van der Waals surface area contributed by atoms with Crippen molar-refractivity contribution in [2.45, 2.75) is 52.6 Å². The van der Waals surface area contributed by atoms with E-state index in [1.54, 1.807) is 6.92 Å². The number of carbonyl (C=O) groups is 2. The summed E-state index contributed by atoms with van der Waals surface area (Å²) in [7, 11) is 0. The summed E-state index contributed by atoms with van der Waals surface area (Å²) in [4.78, 5) is 28.1. The Hall–Kier alpha value is -1.39. The van der Waals surface area contributed by atoms with Crippen LogP contribution < -0.4 is 0 Å². The van der Waals surface area contributed by atoms with Crippen LogP contribution in [0.3, 0.4) is 0 Å². The van der Waals surface area contributed by atoms with Gasteiger partial charge in [0.15, 0.2) is 5.78 Å². The van der Waals surface area contributed by atoms with Crippen molar-refractivity contribution in [1.29, 1.82) is 0 Å². The maximum atomic E-state index is 11.5. The van der Waals surface area contributed by atoms with E-state index in [1.807, 2.05) is 0 Å². The van der Waals surface area contributed by atoms with Gasteiger partial charge in [-0.1, -0.05) is 18.5 Å². The van der Waals surface area contributed by atoms with Crippen molar-refractivity contribution in [3.8, 4) is 0 Å². The molecule has 0 aromatic carbocycles. The highest BCUT2D eigenvalue weighted by molar-refractivity contribution is 6.63. The molecule has 0 radical (unpaired) electrons. The maximum absolute atomic E-state index is 11.5. The standard InChI is InChI=1S/C13H21NO4/c1-4-17-13(16)12(10(3)15)14-18-11-8-6-5-7-9(11)2/h9,11H,4-8H2,1-3H3/b14-12-/t9-,11-/m1/s1. The maximum Gasteiger partial charge on any atom is 0.364 e. The van der Waals surface area contributed by atoms with Gasteiger partial charge in [0.05, 0.1) is 6.61 Å². The van der Waals surface area contributed by atoms with Gasteiger partial charge < -0.3 is 9.57 Å². The first-order valence-electron chi connectivity index (χ1n) is 6.48. The van der Waals surface area contributed by atoms with E-state index >= 15 is 0 Å². The predicted octanol–water partition coefficient (Wildman–Crippen LogP) is 2.09. The Morgan fingerprint density at radius 1 is 1.28 bits per heavy atom. The molecular weight excluding hydrogens is 234 g/mol. The van der Waals surface area contributed by atoms with Crippen LogP contribution in [0, 0.1) is 5.92 Å². The summed E-state index contributed by atoms with van der Waals surface area (Å²) >= 11 is 0. The molecular formula is C13H21NO4. The normalized spacial score (nSPS) is 24.5. The van der Waals surface area contributed by atoms with E-state index in [0.717, 1.165) is 19.3 Å². The van der Waals surface area contributed by atoms with E-state index in [0.29, 0.717) is 5.92 Å². The predicted molar refractivity (Wildman–Crippen MR) is 67.3 cm³/mol. The molecule has 2 atom stereocenters. The highest BCUT2D eigenvalue weighted by Crippen LogP contribution is 2.26. The fraction of sp³-hybridized carbons (Fsp3) is 0.769. The Bertz CT molecular complexity index is 338. The molecule has 0 bridgehead atoms. The fourth-order valence-electron chi connectivity index (χ4n) is 2.00. The van der Waals surface area contributed by atoms with Crippen molar-refractivity contribution in [2.75, 3.05) is 6.61 Å². The molecule has 0 saturated heterocycles. The van der Waals surface area contributed by atoms with Crippen molar-refractivity contribution < 1.29 is 19.2 Å². The molecule has 102 valence electrons. The van der Waals surface area contributed by atoms with E-state index in [9.17, 15) is 9.59 Å². The first-order valence-corrected chi connectivity index (χ1v) is 6.48. The monoisotopic (exact) mass is 255 g/mol. The number of esters is 1. The van der Waals surface area contributed by atoms with Crippen LogP contribution in [0.4, 0.5) is 0 Å². The Labute approximate surface area is 108 Å². The van der Waals surface area contributed by atoms with Gasteiger partial charge >= 0.3 is 5.97 Å². The second-order valence-corrected chi connectivity index (χ2v) is 4.62. The molecule has 1 fully saturated rings. The molecule has 0 aliphatic heterocycles. The molecule has 0 heterocycles. The lowest BCUT2D eigenvalue weighted by molar-refractivity contribution is -0.136. The first-order chi connectivity index (χ1) is 8.56. The van der Waals surface area contributed by atoms with Crippen LogP contribution in [0.1, 0.15) is 46.5 Å². The van der Waals surface area contributed by atoms with Gasteiger partial charge in [0, 0.05) is 6.92 Å². The Morgan fingerprint density at radius 2 is 1.94 bits per heavy atom. The minimum Gasteiger partial charge on any atom is -0.461 e. The zero-order valence-corrected chi connectivity index (χ0v) is 11.3. The number of ether oxygens (including phenoxy) is 1. The molecule has 0 spiro atoms. The lowest BCUT2D eigenvalue weighted by Gasteiger charge is -2.26. The number of carbonyl (C=O) groups excluding carboxylic acids is 2. The van der Waals surface area contributed by atoms with E-state index in [-0.39, 0.29) is 18.4 Å². The largest absolute Gasteiger partial charge is 0.461 e. The topological polar surface area (TPSA) is 65.0 Å². The lowest BCUT2D eigenvalue weighted by atomic mass is 9.88. The zero-order chi connectivity index (χ0) is 13.5. The van der Waals surface area contributed by atoms with Crippen molar-refractivity contribution in [3.63, 3.8) is 0 Å². The molecule has 1 rings (SSSR count). The van der Waals surface area contributed by atoms with Gasteiger partial charge in [-0.15, -0.1) is 0 Å². The molecule has 18 heavy (non-hydrogen) atoms. The summed E-state index contributed by atoms with van der Waals surface area (Å²) < 4.78 is 4.76. The molecule has 5 heteroatoms. The number of oxime groups is 1. The quantitative estimate of drug-likeness (QED) is 0.326. The van der Waals surface area contributed by atoms with E-state index in [4.69, 9.17) is 9.57 Å². The minimum atomic E-state index is -0.714. The number of Topliss-reactive ketones (excluding diaryl/α,β-unsaturated/α-hetero) is 1. The third-order valence-electron chi connectivity index (χ3n) is 3.11. The van der Waals surface area contributed by atoms with Gasteiger partial charge in [0.2, 0.25) is 5.71 Å². The fourth-order valence-corrected chi connectivity index (χ4v) is 2.00. The molecule has 0 unspecified atom stereocenters. The van der Waals surface area contributed by atoms with E-state index in [1.165, 1.54) is 13.3 Å². The van der Waals surface area contributed by atoms with Crippen LogP contribution in [0.2, 0.25) is 0 Å². The van der Waals surface area contributed by atoms with Crippen molar-refractivity contribution in [2.24, 2.45) is 11.1 Å². The Balaban J connectivity index is 2.65. The minimum absolute atomic E-state index is 0.0115. The van der Waals surface area contributed by atoms with Gasteiger partial charge in [-0.2, -0.15) is 0 Å². The number of nitrogens with zero attached hydrogens (tertiary/aromatic N) is 1. The zero-order valence-electron chi connectivity index (χ0n) is 11.3. The molecule has 0 amide bonds. The van der Waals surface area contributed by atoms with Gasteiger partial charge in [-0.3, -0.25) is 4.79 Å². The highest BCUT2D eigenvalue weighted by atomic mass is 16.6. The van der Waals surface area contributed by atoms with Crippen molar-refractivity contribution in [1.82, 2.24) is 0 Å². The molecule has 1 aliphatic rings. The van der Waals surface area contributed by atoms with Gasteiger partial charge in [-0.25, -0.2) is 4.79 Å². The first kappa shape index (κ1) is 14.7. The number of hydrogen-bond donors (Lipinski definition) is 0. The number of ketones is 1. The van der Waals surface area contributed by atoms with E-state index < -0.39 is 11.8 Å². The van der Waals surface area contributed by atoms with Crippen LogP contribution in [0.25, 0.3) is 0 Å². The summed E-state index contributed by atoms with van der Waals surface area (Å²) in [5.74, 6) is -0.747. The molecule has 0 aromatic heterocycles. The van der Waals surface area contributed by atoms with Gasteiger partial charge in [0.25, 0.3) is 0 Å². The van der Waals surface area contributed by atoms with Crippen LogP contribution in [-0.2, 0) is 19.2 Å². The van der Waals surface area contributed by atoms with Crippen LogP contribution in [0.5, 0.6) is 0 Å². The smallest absolute Gasteiger partial charge is 0.364 e. The molecule has 5 nitrogen and oxygen atoms in total. The summed E-state index contributed by atoms with van der Waals surface area (Å²) in [6, 6.07) is 0.